The summed E-state index contributed by atoms with van der Waals surface area (Å²) in [5.41, 5.74) is 5.89. The molecule has 0 atom stereocenters. The van der Waals surface area contributed by atoms with Crippen LogP contribution in [0.4, 0.5) is 14.5 Å². The van der Waals surface area contributed by atoms with E-state index in [0.29, 0.717) is 11.6 Å². The highest BCUT2D eigenvalue weighted by molar-refractivity contribution is 7.99. The summed E-state index contributed by atoms with van der Waals surface area (Å²) in [4.78, 5) is 0.232. The maximum atomic E-state index is 13.3. The number of rotatable bonds is 4. The fourth-order valence-corrected chi connectivity index (χ4v) is 2.34. The molecule has 1 nitrogen and oxygen atoms in total. The summed E-state index contributed by atoms with van der Waals surface area (Å²) in [7, 11) is 0. The molecule has 84 valence electrons. The average molecular weight is 231 g/mol. The lowest BCUT2D eigenvalue weighted by molar-refractivity contribution is 0.492. The highest BCUT2D eigenvalue weighted by Gasteiger charge is 2.12. The van der Waals surface area contributed by atoms with Crippen LogP contribution in [-0.4, -0.2) is 5.75 Å². The molecule has 2 N–H and O–H groups in total. The molecular formula is C11H15F2NS. The van der Waals surface area contributed by atoms with Gasteiger partial charge < -0.3 is 5.73 Å². The lowest BCUT2D eigenvalue weighted by Gasteiger charge is -2.08. The lowest BCUT2D eigenvalue weighted by Crippen LogP contribution is -1.97. The Hall–Kier alpha value is -0.770. The summed E-state index contributed by atoms with van der Waals surface area (Å²) < 4.78 is 26.2. The third kappa shape index (κ3) is 3.38. The molecule has 0 aliphatic carbocycles. The van der Waals surface area contributed by atoms with Crippen molar-refractivity contribution in [1.82, 2.24) is 0 Å². The molecule has 0 saturated carbocycles. The highest BCUT2D eigenvalue weighted by atomic mass is 32.2. The first-order valence-electron chi connectivity index (χ1n) is 4.88. The molecule has 0 fully saturated rings. The Morgan fingerprint density at radius 2 is 2.00 bits per heavy atom. The first-order valence-corrected chi connectivity index (χ1v) is 5.87. The van der Waals surface area contributed by atoms with Gasteiger partial charge in [-0.1, -0.05) is 13.8 Å². The summed E-state index contributed by atoms with van der Waals surface area (Å²) in [6, 6.07) is 2.45. The van der Waals surface area contributed by atoms with E-state index < -0.39 is 11.6 Å². The van der Waals surface area contributed by atoms with E-state index in [9.17, 15) is 8.78 Å². The Morgan fingerprint density at radius 3 is 2.60 bits per heavy atom. The summed E-state index contributed by atoms with van der Waals surface area (Å²) in [6.45, 7) is 4.18. The van der Waals surface area contributed by atoms with Crippen LogP contribution in [0.2, 0.25) is 0 Å². The van der Waals surface area contributed by atoms with Crippen LogP contribution in [0.1, 0.15) is 20.3 Å². The van der Waals surface area contributed by atoms with Gasteiger partial charge in [-0.25, -0.2) is 8.78 Å². The number of halogens is 2. The topological polar surface area (TPSA) is 26.0 Å². The highest BCUT2D eigenvalue weighted by Crippen LogP contribution is 2.30. The molecule has 1 aromatic rings. The molecule has 0 heterocycles. The van der Waals surface area contributed by atoms with Gasteiger partial charge in [0.2, 0.25) is 0 Å². The van der Waals surface area contributed by atoms with Crippen LogP contribution in [0.25, 0.3) is 0 Å². The van der Waals surface area contributed by atoms with Crippen LogP contribution in [0.15, 0.2) is 17.0 Å². The molecular weight excluding hydrogens is 216 g/mol. The molecule has 0 aliphatic heterocycles. The standard InChI is InChI=1S/C11H15F2NS/c1-7(2)5-6-15-11-9(14)4-3-8(12)10(11)13/h3-4,7H,5-6,14H2,1-2H3. The Bertz CT molecular complexity index is 340. The summed E-state index contributed by atoms with van der Waals surface area (Å²) >= 11 is 1.28. The van der Waals surface area contributed by atoms with Gasteiger partial charge in [-0.3, -0.25) is 0 Å². The van der Waals surface area contributed by atoms with Gasteiger partial charge in [0.25, 0.3) is 0 Å². The molecule has 4 heteroatoms. The number of nitrogens with two attached hydrogens (primary N) is 1. The Morgan fingerprint density at radius 1 is 1.33 bits per heavy atom. The van der Waals surface area contributed by atoms with Crippen molar-refractivity contribution < 1.29 is 8.78 Å². The lowest BCUT2D eigenvalue weighted by atomic mass is 10.2. The zero-order valence-corrected chi connectivity index (χ0v) is 9.70. The van der Waals surface area contributed by atoms with Crippen molar-refractivity contribution in [2.24, 2.45) is 5.92 Å². The van der Waals surface area contributed by atoms with E-state index in [1.807, 2.05) is 0 Å². The Labute approximate surface area is 93.1 Å². The second-order valence-corrected chi connectivity index (χ2v) is 4.92. The second kappa shape index (κ2) is 5.35. The van der Waals surface area contributed by atoms with Crippen LogP contribution in [0, 0.1) is 17.6 Å². The summed E-state index contributed by atoms with van der Waals surface area (Å²) in [6.07, 6.45) is 0.958. The van der Waals surface area contributed by atoms with E-state index >= 15 is 0 Å². The van der Waals surface area contributed by atoms with Crippen LogP contribution in [0.3, 0.4) is 0 Å². The van der Waals surface area contributed by atoms with E-state index in [2.05, 4.69) is 13.8 Å². The molecule has 0 saturated heterocycles. The first kappa shape index (κ1) is 12.3. The third-order valence-corrected chi connectivity index (χ3v) is 3.17. The Kier molecular flexibility index (Phi) is 4.39. The van der Waals surface area contributed by atoms with Crippen molar-refractivity contribution in [1.29, 1.82) is 0 Å². The van der Waals surface area contributed by atoms with Gasteiger partial charge in [0.05, 0.1) is 4.90 Å². The van der Waals surface area contributed by atoms with E-state index in [0.717, 1.165) is 18.2 Å². The zero-order valence-electron chi connectivity index (χ0n) is 8.89. The van der Waals surface area contributed by atoms with Crippen molar-refractivity contribution in [3.63, 3.8) is 0 Å². The quantitative estimate of drug-likeness (QED) is 0.632. The predicted molar refractivity (Wildman–Crippen MR) is 60.9 cm³/mol. The van der Waals surface area contributed by atoms with Gasteiger partial charge in [-0.05, 0) is 30.2 Å². The largest absolute Gasteiger partial charge is 0.398 e. The van der Waals surface area contributed by atoms with Crippen LogP contribution in [0.5, 0.6) is 0 Å². The second-order valence-electron chi connectivity index (χ2n) is 3.81. The van der Waals surface area contributed by atoms with Gasteiger partial charge in [0, 0.05) is 5.69 Å². The maximum absolute atomic E-state index is 13.3. The number of nitrogen functional groups attached to an aromatic ring is 1. The third-order valence-electron chi connectivity index (χ3n) is 2.02. The van der Waals surface area contributed by atoms with Crippen LogP contribution >= 0.6 is 11.8 Å². The molecule has 0 amide bonds. The minimum atomic E-state index is -0.837. The van der Waals surface area contributed by atoms with Crippen molar-refractivity contribution in [2.75, 3.05) is 11.5 Å². The average Bonchev–Trinajstić information content (AvgIpc) is 2.17. The smallest absolute Gasteiger partial charge is 0.174 e. The fraction of sp³-hybridized carbons (Fsp3) is 0.455. The number of anilines is 1. The molecule has 0 bridgehead atoms. The number of hydrogen-bond acceptors (Lipinski definition) is 2. The summed E-state index contributed by atoms with van der Waals surface area (Å²) in [5.74, 6) is -0.363. The van der Waals surface area contributed by atoms with Gasteiger partial charge in [0.15, 0.2) is 11.6 Å². The molecule has 0 radical (unpaired) electrons. The van der Waals surface area contributed by atoms with E-state index in [1.165, 1.54) is 17.8 Å². The molecule has 0 aromatic heterocycles. The fourth-order valence-electron chi connectivity index (χ4n) is 1.09. The predicted octanol–water partition coefficient (Wildman–Crippen LogP) is 3.69. The monoisotopic (exact) mass is 231 g/mol. The van der Waals surface area contributed by atoms with Crippen molar-refractivity contribution in [2.45, 2.75) is 25.2 Å². The van der Waals surface area contributed by atoms with Crippen molar-refractivity contribution in [3.05, 3.63) is 23.8 Å². The molecule has 15 heavy (non-hydrogen) atoms. The molecule has 0 aliphatic rings. The minimum absolute atomic E-state index is 0.232. The molecule has 1 rings (SSSR count). The number of hydrogen-bond donors (Lipinski definition) is 1. The van der Waals surface area contributed by atoms with Gasteiger partial charge in [-0.2, -0.15) is 0 Å². The normalized spacial score (nSPS) is 11.0. The van der Waals surface area contributed by atoms with Crippen molar-refractivity contribution in [3.8, 4) is 0 Å². The summed E-state index contributed by atoms with van der Waals surface area (Å²) in [5, 5.41) is 0. The van der Waals surface area contributed by atoms with Gasteiger partial charge >= 0.3 is 0 Å². The maximum Gasteiger partial charge on any atom is 0.174 e. The van der Waals surface area contributed by atoms with E-state index in [4.69, 9.17) is 5.73 Å². The Balaban J connectivity index is 2.71. The van der Waals surface area contributed by atoms with Gasteiger partial charge in [-0.15, -0.1) is 11.8 Å². The van der Waals surface area contributed by atoms with Crippen LogP contribution in [-0.2, 0) is 0 Å². The van der Waals surface area contributed by atoms with Crippen molar-refractivity contribution >= 4 is 17.4 Å². The number of benzene rings is 1. The molecule has 0 spiro atoms. The van der Waals surface area contributed by atoms with Crippen LogP contribution < -0.4 is 5.73 Å². The molecule has 0 unspecified atom stereocenters. The van der Waals surface area contributed by atoms with Gasteiger partial charge in [0.1, 0.15) is 0 Å². The zero-order chi connectivity index (χ0) is 11.4. The number of thioether (sulfide) groups is 1. The van der Waals surface area contributed by atoms with E-state index in [-0.39, 0.29) is 4.90 Å². The first-order chi connectivity index (χ1) is 7.02. The molecule has 1 aromatic carbocycles. The SMILES string of the molecule is CC(C)CCSc1c(N)ccc(F)c1F. The minimum Gasteiger partial charge on any atom is -0.398 e. The van der Waals surface area contributed by atoms with E-state index in [1.54, 1.807) is 0 Å².